The summed E-state index contributed by atoms with van der Waals surface area (Å²) in [4.78, 5) is 0. The third kappa shape index (κ3) is 2.43. The molecule has 1 aromatic rings. The second kappa shape index (κ2) is 5.53. The molecule has 0 aromatic heterocycles. The molecule has 0 bridgehead atoms. The lowest BCUT2D eigenvalue weighted by Crippen LogP contribution is -2.53. The summed E-state index contributed by atoms with van der Waals surface area (Å²) in [5.41, 5.74) is 5.43. The Morgan fingerprint density at radius 2 is 2.29 bits per heavy atom. The van der Waals surface area contributed by atoms with Crippen molar-refractivity contribution in [3.05, 3.63) is 21.3 Å². The molecular formula is C10H14BINO4+. The van der Waals surface area contributed by atoms with Crippen molar-refractivity contribution in [3.63, 3.8) is 0 Å². The summed E-state index contributed by atoms with van der Waals surface area (Å²) in [7, 11) is -0.972. The van der Waals surface area contributed by atoms with Crippen LogP contribution in [0.15, 0.2) is 12.1 Å². The van der Waals surface area contributed by atoms with Gasteiger partial charge in [0.15, 0.2) is 0 Å². The number of benzene rings is 1. The van der Waals surface area contributed by atoms with Crippen LogP contribution in [-0.4, -0.2) is 37.0 Å². The van der Waals surface area contributed by atoms with Crippen LogP contribution < -0.4 is 15.9 Å². The molecule has 0 fully saturated rings. The Labute approximate surface area is 113 Å². The molecule has 0 amide bonds. The van der Waals surface area contributed by atoms with Gasteiger partial charge in [-0.3, -0.25) is 0 Å². The fourth-order valence-corrected chi connectivity index (χ4v) is 2.77. The van der Waals surface area contributed by atoms with E-state index in [1.54, 1.807) is 6.07 Å². The summed E-state index contributed by atoms with van der Waals surface area (Å²) >= 11 is 2.21. The molecule has 17 heavy (non-hydrogen) atoms. The maximum Gasteiger partial charge on any atom is 0.496 e. The van der Waals surface area contributed by atoms with E-state index < -0.39 is 7.12 Å². The number of aliphatic hydroxyl groups excluding tert-OH is 1. The molecule has 1 unspecified atom stereocenters. The molecule has 5 N–H and O–H groups in total. The van der Waals surface area contributed by atoms with Crippen LogP contribution in [0.1, 0.15) is 11.7 Å². The van der Waals surface area contributed by atoms with Gasteiger partial charge in [0.1, 0.15) is 25.0 Å². The number of halogens is 1. The van der Waals surface area contributed by atoms with Gasteiger partial charge in [0.05, 0.1) is 6.61 Å². The maximum atomic E-state index is 9.89. The first-order chi connectivity index (χ1) is 8.19. The molecule has 1 aliphatic heterocycles. The molecule has 5 nitrogen and oxygen atoms in total. The number of quaternary nitrogens is 1. The average Bonchev–Trinajstić information content (AvgIpc) is 2.67. The summed E-state index contributed by atoms with van der Waals surface area (Å²) in [6.07, 6.45) is -0.190. The van der Waals surface area contributed by atoms with E-state index in [1.165, 1.54) is 0 Å². The zero-order valence-corrected chi connectivity index (χ0v) is 11.4. The summed E-state index contributed by atoms with van der Waals surface area (Å²) in [6, 6.07) is 3.70. The Morgan fingerprint density at radius 3 is 2.94 bits per heavy atom. The van der Waals surface area contributed by atoms with Crippen molar-refractivity contribution in [2.45, 2.75) is 6.10 Å². The number of rotatable bonds is 4. The molecule has 1 atom stereocenters. The van der Waals surface area contributed by atoms with Crippen LogP contribution >= 0.6 is 22.6 Å². The number of fused-ring (bicyclic) bond motifs is 1. The minimum Gasteiger partial charge on any atom is -0.492 e. The number of hydrogen-bond donors (Lipinski definition) is 3. The second-order valence-electron chi connectivity index (χ2n) is 3.71. The van der Waals surface area contributed by atoms with E-state index in [2.05, 4.69) is 28.3 Å². The topological polar surface area (TPSA) is 86.6 Å². The third-order valence-corrected chi connectivity index (χ3v) is 3.61. The normalized spacial score (nSPS) is 18.4. The maximum absolute atomic E-state index is 9.89. The van der Waals surface area contributed by atoms with Crippen LogP contribution in [0.4, 0.5) is 0 Å². The van der Waals surface area contributed by atoms with E-state index in [1.807, 2.05) is 6.07 Å². The Kier molecular flexibility index (Phi) is 4.26. The predicted molar refractivity (Wildman–Crippen MR) is 70.9 cm³/mol. The summed E-state index contributed by atoms with van der Waals surface area (Å²) < 4.78 is 11.9. The lowest BCUT2D eigenvalue weighted by molar-refractivity contribution is -0.383. The van der Waals surface area contributed by atoms with Crippen LogP contribution in [0.2, 0.25) is 0 Å². The van der Waals surface area contributed by atoms with Gasteiger partial charge in [-0.05, 0) is 34.7 Å². The molecule has 0 spiro atoms. The minimum absolute atomic E-state index is 0.0591. The van der Waals surface area contributed by atoms with Crippen LogP contribution in [0.25, 0.3) is 0 Å². The first-order valence-electron chi connectivity index (χ1n) is 5.37. The summed E-state index contributed by atoms with van der Waals surface area (Å²) in [5, 5.41) is 18.7. The highest BCUT2D eigenvalue weighted by Crippen LogP contribution is 2.30. The van der Waals surface area contributed by atoms with Gasteiger partial charge in [-0.1, -0.05) is 0 Å². The van der Waals surface area contributed by atoms with Gasteiger partial charge in [-0.15, -0.1) is 0 Å². The number of hydrogen-bond acceptors (Lipinski definition) is 4. The Bertz CT molecular complexity index is 418. The molecule has 2 rings (SSSR count). The molecule has 0 aliphatic carbocycles. The fraction of sp³-hybridized carbons (Fsp3) is 0.400. The molecule has 7 heteroatoms. The highest BCUT2D eigenvalue weighted by atomic mass is 127. The molecule has 0 radical (unpaired) electrons. The second-order valence-corrected chi connectivity index (χ2v) is 4.87. The largest absolute Gasteiger partial charge is 0.496 e. The van der Waals surface area contributed by atoms with Gasteiger partial charge >= 0.3 is 7.12 Å². The minimum atomic E-state index is -0.972. The Hall–Kier alpha value is -0.345. The summed E-state index contributed by atoms with van der Waals surface area (Å²) in [5.74, 6) is 0.568. The van der Waals surface area contributed by atoms with E-state index >= 15 is 0 Å². The SMILES string of the molecule is [NH3+]CC1OB(O)c2c(OCCO)ccc(I)c21. The van der Waals surface area contributed by atoms with E-state index in [4.69, 9.17) is 14.5 Å². The number of aliphatic hydroxyl groups is 1. The molecule has 1 heterocycles. The Balaban J connectivity index is 2.42. The Morgan fingerprint density at radius 1 is 1.53 bits per heavy atom. The zero-order valence-electron chi connectivity index (χ0n) is 9.23. The molecule has 0 saturated heterocycles. The highest BCUT2D eigenvalue weighted by Gasteiger charge is 2.39. The van der Waals surface area contributed by atoms with Crippen molar-refractivity contribution in [2.24, 2.45) is 0 Å². The molecule has 92 valence electrons. The van der Waals surface area contributed by atoms with Gasteiger partial charge < -0.3 is 25.3 Å². The van der Waals surface area contributed by atoms with Crippen molar-refractivity contribution in [1.29, 1.82) is 0 Å². The van der Waals surface area contributed by atoms with Crippen molar-refractivity contribution >= 4 is 35.2 Å². The fourth-order valence-electron chi connectivity index (χ4n) is 1.96. The van der Waals surface area contributed by atoms with Crippen molar-refractivity contribution < 1.29 is 25.3 Å². The van der Waals surface area contributed by atoms with E-state index in [0.717, 1.165) is 9.13 Å². The standard InChI is InChI=1S/C10H13BINO4/c12-6-1-2-7(16-4-3-14)10-9(6)8(5-13)17-11(10)15/h1-2,8,14-15H,3-5,13H2/p+1. The van der Waals surface area contributed by atoms with Crippen LogP contribution in [0, 0.1) is 3.57 Å². The predicted octanol–water partition coefficient (Wildman–Crippen LogP) is -1.34. The molecule has 1 aliphatic rings. The van der Waals surface area contributed by atoms with E-state index in [0.29, 0.717) is 17.8 Å². The van der Waals surface area contributed by atoms with Gasteiger partial charge in [0.2, 0.25) is 0 Å². The molecule has 1 aromatic carbocycles. The average molecular weight is 350 g/mol. The van der Waals surface area contributed by atoms with Gasteiger partial charge in [0.25, 0.3) is 0 Å². The van der Waals surface area contributed by atoms with Crippen LogP contribution in [0.3, 0.4) is 0 Å². The highest BCUT2D eigenvalue weighted by molar-refractivity contribution is 14.1. The first-order valence-corrected chi connectivity index (χ1v) is 6.45. The monoisotopic (exact) mass is 350 g/mol. The third-order valence-electron chi connectivity index (χ3n) is 2.67. The lowest BCUT2D eigenvalue weighted by Gasteiger charge is -2.12. The van der Waals surface area contributed by atoms with Crippen LogP contribution in [-0.2, 0) is 4.65 Å². The van der Waals surface area contributed by atoms with Crippen LogP contribution in [0.5, 0.6) is 5.75 Å². The van der Waals surface area contributed by atoms with E-state index in [9.17, 15) is 5.02 Å². The molecular weight excluding hydrogens is 336 g/mol. The van der Waals surface area contributed by atoms with E-state index in [-0.39, 0.29) is 19.3 Å². The smallest absolute Gasteiger partial charge is 0.492 e. The molecule has 0 saturated carbocycles. The first kappa shape index (κ1) is 13.1. The summed E-state index contributed by atoms with van der Waals surface area (Å²) in [6.45, 7) is 0.703. The van der Waals surface area contributed by atoms with Gasteiger partial charge in [-0.2, -0.15) is 0 Å². The lowest BCUT2D eigenvalue weighted by atomic mass is 9.78. The van der Waals surface area contributed by atoms with Crippen molar-refractivity contribution in [2.75, 3.05) is 19.8 Å². The number of ether oxygens (including phenoxy) is 1. The van der Waals surface area contributed by atoms with Gasteiger partial charge in [-0.25, -0.2) is 0 Å². The zero-order chi connectivity index (χ0) is 12.4. The van der Waals surface area contributed by atoms with Crippen molar-refractivity contribution in [3.8, 4) is 5.75 Å². The quantitative estimate of drug-likeness (QED) is 0.464. The van der Waals surface area contributed by atoms with Gasteiger partial charge in [0, 0.05) is 14.6 Å². The van der Waals surface area contributed by atoms with Crippen molar-refractivity contribution in [1.82, 2.24) is 0 Å².